The first kappa shape index (κ1) is 21.9. The van der Waals surface area contributed by atoms with Crippen LogP contribution in [0.15, 0.2) is 4.99 Å². The van der Waals surface area contributed by atoms with Crippen molar-refractivity contribution < 1.29 is 9.47 Å². The number of rotatable bonds is 9. The van der Waals surface area contributed by atoms with Crippen LogP contribution < -0.4 is 10.6 Å². The summed E-state index contributed by atoms with van der Waals surface area (Å²) in [6.45, 7) is 15.2. The molecule has 1 heterocycles. The largest absolute Gasteiger partial charge is 0.380 e. The summed E-state index contributed by atoms with van der Waals surface area (Å²) in [7, 11) is 0. The van der Waals surface area contributed by atoms with Crippen molar-refractivity contribution >= 4 is 29.9 Å². The van der Waals surface area contributed by atoms with Gasteiger partial charge in [-0.25, -0.2) is 0 Å². The molecule has 0 aliphatic carbocycles. The minimum Gasteiger partial charge on any atom is -0.380 e. The van der Waals surface area contributed by atoms with Crippen LogP contribution in [0.2, 0.25) is 0 Å². The molecule has 0 amide bonds. The van der Waals surface area contributed by atoms with E-state index in [-0.39, 0.29) is 24.0 Å². The molecule has 0 aromatic heterocycles. The van der Waals surface area contributed by atoms with Gasteiger partial charge in [0.15, 0.2) is 5.96 Å². The molecule has 0 aromatic rings. The highest BCUT2D eigenvalue weighted by Gasteiger charge is 2.13. The second-order valence-corrected chi connectivity index (χ2v) is 5.36. The number of nitrogens with zero attached hydrogens (tertiary/aromatic N) is 2. The molecule has 0 spiro atoms. The van der Waals surface area contributed by atoms with Gasteiger partial charge in [0.25, 0.3) is 0 Å². The molecule has 1 aliphatic heterocycles. The highest BCUT2D eigenvalue weighted by atomic mass is 127. The first-order valence-corrected chi connectivity index (χ1v) is 8.16. The molecule has 132 valence electrons. The van der Waals surface area contributed by atoms with Crippen molar-refractivity contribution in [2.75, 3.05) is 65.7 Å². The zero-order valence-corrected chi connectivity index (χ0v) is 16.6. The summed E-state index contributed by atoms with van der Waals surface area (Å²) in [4.78, 5) is 7.11. The molecule has 0 saturated carbocycles. The predicted octanol–water partition coefficient (Wildman–Crippen LogP) is 1.16. The lowest BCUT2D eigenvalue weighted by Crippen LogP contribution is -2.41. The van der Waals surface area contributed by atoms with Gasteiger partial charge < -0.3 is 20.1 Å². The Bertz CT molecular complexity index is 287. The smallest absolute Gasteiger partial charge is 0.191 e. The SMILES string of the molecule is CCNC(=NCC(C)CN1CCOCC1)NCCOCC.I. The average Bonchev–Trinajstić information content (AvgIpc) is 2.50. The van der Waals surface area contributed by atoms with E-state index in [2.05, 4.69) is 34.4 Å². The molecule has 0 aromatic carbocycles. The van der Waals surface area contributed by atoms with Crippen LogP contribution in [0.25, 0.3) is 0 Å². The van der Waals surface area contributed by atoms with Crippen LogP contribution in [0.4, 0.5) is 0 Å². The Labute approximate surface area is 152 Å². The van der Waals surface area contributed by atoms with Crippen LogP contribution in [-0.2, 0) is 9.47 Å². The van der Waals surface area contributed by atoms with Crippen molar-refractivity contribution in [1.82, 2.24) is 15.5 Å². The minimum absolute atomic E-state index is 0. The fourth-order valence-electron chi connectivity index (χ4n) is 2.26. The minimum atomic E-state index is 0. The molecule has 1 saturated heterocycles. The average molecular weight is 428 g/mol. The van der Waals surface area contributed by atoms with E-state index in [1.165, 1.54) is 0 Å². The van der Waals surface area contributed by atoms with Crippen molar-refractivity contribution in [3.05, 3.63) is 0 Å². The molecule has 7 heteroatoms. The van der Waals surface area contributed by atoms with Crippen LogP contribution >= 0.6 is 24.0 Å². The molecule has 22 heavy (non-hydrogen) atoms. The third kappa shape index (κ3) is 10.6. The number of ether oxygens (including phenoxy) is 2. The molecule has 1 rings (SSSR count). The predicted molar refractivity (Wildman–Crippen MR) is 102 cm³/mol. The molecule has 1 aliphatic rings. The maximum absolute atomic E-state index is 5.37. The normalized spacial score (nSPS) is 17.7. The number of halogens is 1. The highest BCUT2D eigenvalue weighted by Crippen LogP contribution is 2.03. The number of morpholine rings is 1. The zero-order valence-electron chi connectivity index (χ0n) is 14.3. The van der Waals surface area contributed by atoms with E-state index >= 15 is 0 Å². The third-order valence-electron chi connectivity index (χ3n) is 3.32. The van der Waals surface area contributed by atoms with Gasteiger partial charge in [-0.05, 0) is 19.8 Å². The second-order valence-electron chi connectivity index (χ2n) is 5.36. The van der Waals surface area contributed by atoms with E-state index < -0.39 is 0 Å². The molecule has 0 bridgehead atoms. The van der Waals surface area contributed by atoms with Gasteiger partial charge in [0.2, 0.25) is 0 Å². The first-order valence-electron chi connectivity index (χ1n) is 8.16. The number of aliphatic imine (C=N–C) groups is 1. The Morgan fingerprint density at radius 1 is 1.27 bits per heavy atom. The monoisotopic (exact) mass is 428 g/mol. The van der Waals surface area contributed by atoms with Gasteiger partial charge in [0.05, 0.1) is 19.8 Å². The van der Waals surface area contributed by atoms with Crippen molar-refractivity contribution in [3.63, 3.8) is 0 Å². The Balaban J connectivity index is 0.00000441. The number of guanidine groups is 1. The Morgan fingerprint density at radius 3 is 2.64 bits per heavy atom. The maximum atomic E-state index is 5.37. The van der Waals surface area contributed by atoms with Crippen LogP contribution in [0, 0.1) is 5.92 Å². The maximum Gasteiger partial charge on any atom is 0.191 e. The van der Waals surface area contributed by atoms with Crippen LogP contribution in [-0.4, -0.2) is 76.6 Å². The van der Waals surface area contributed by atoms with Gasteiger partial charge >= 0.3 is 0 Å². The van der Waals surface area contributed by atoms with Gasteiger partial charge in [0, 0.05) is 45.9 Å². The van der Waals surface area contributed by atoms with E-state index in [0.29, 0.717) is 12.5 Å². The first-order chi connectivity index (χ1) is 10.3. The lowest BCUT2D eigenvalue weighted by molar-refractivity contribution is 0.0323. The summed E-state index contributed by atoms with van der Waals surface area (Å²) in [6.07, 6.45) is 0. The van der Waals surface area contributed by atoms with Crippen LogP contribution in [0.5, 0.6) is 0 Å². The third-order valence-corrected chi connectivity index (χ3v) is 3.32. The number of nitrogens with one attached hydrogen (secondary N) is 2. The molecule has 2 N–H and O–H groups in total. The van der Waals surface area contributed by atoms with Crippen LogP contribution in [0.1, 0.15) is 20.8 Å². The lowest BCUT2D eigenvalue weighted by atomic mass is 10.1. The highest BCUT2D eigenvalue weighted by molar-refractivity contribution is 14.0. The molecule has 1 unspecified atom stereocenters. The van der Waals surface area contributed by atoms with Gasteiger partial charge in [-0.1, -0.05) is 6.92 Å². The molecular weight excluding hydrogens is 395 g/mol. The van der Waals surface area contributed by atoms with Gasteiger partial charge in [-0.15, -0.1) is 24.0 Å². The summed E-state index contributed by atoms with van der Waals surface area (Å²) < 4.78 is 10.7. The lowest BCUT2D eigenvalue weighted by Gasteiger charge is -2.28. The fourth-order valence-corrected chi connectivity index (χ4v) is 2.26. The Kier molecular flexibility index (Phi) is 14.4. The molecule has 1 atom stereocenters. The number of hydrogen-bond acceptors (Lipinski definition) is 4. The summed E-state index contributed by atoms with van der Waals surface area (Å²) in [5.41, 5.74) is 0. The topological polar surface area (TPSA) is 58.1 Å². The summed E-state index contributed by atoms with van der Waals surface area (Å²) >= 11 is 0. The van der Waals surface area contributed by atoms with E-state index in [4.69, 9.17) is 9.47 Å². The quantitative estimate of drug-likeness (QED) is 0.250. The summed E-state index contributed by atoms with van der Waals surface area (Å²) in [5, 5.41) is 6.56. The van der Waals surface area contributed by atoms with E-state index in [0.717, 1.165) is 65.0 Å². The van der Waals surface area contributed by atoms with Gasteiger partial charge in [-0.3, -0.25) is 9.89 Å². The summed E-state index contributed by atoms with van der Waals surface area (Å²) in [5.74, 6) is 1.43. The van der Waals surface area contributed by atoms with Crippen LogP contribution in [0.3, 0.4) is 0 Å². The van der Waals surface area contributed by atoms with Crippen molar-refractivity contribution in [1.29, 1.82) is 0 Å². The summed E-state index contributed by atoms with van der Waals surface area (Å²) in [6, 6.07) is 0. The Hall–Kier alpha value is -0.120. The standard InChI is InChI=1S/C15H32N4O2.HI/c1-4-16-15(17-6-9-20-5-2)18-12-14(3)13-19-7-10-21-11-8-19;/h14H,4-13H2,1-3H3,(H2,16,17,18);1H. The Morgan fingerprint density at radius 2 is 2.00 bits per heavy atom. The molecular formula is C15H33IN4O2. The van der Waals surface area contributed by atoms with E-state index in [1.54, 1.807) is 0 Å². The molecule has 1 fully saturated rings. The molecule has 0 radical (unpaired) electrons. The van der Waals surface area contributed by atoms with Gasteiger partial charge in [0.1, 0.15) is 0 Å². The number of hydrogen-bond donors (Lipinski definition) is 2. The molecule has 6 nitrogen and oxygen atoms in total. The van der Waals surface area contributed by atoms with Gasteiger partial charge in [-0.2, -0.15) is 0 Å². The van der Waals surface area contributed by atoms with E-state index in [9.17, 15) is 0 Å². The second kappa shape index (κ2) is 14.5. The van der Waals surface area contributed by atoms with Crippen molar-refractivity contribution in [2.24, 2.45) is 10.9 Å². The van der Waals surface area contributed by atoms with Crippen molar-refractivity contribution in [3.8, 4) is 0 Å². The van der Waals surface area contributed by atoms with Crippen molar-refractivity contribution in [2.45, 2.75) is 20.8 Å². The zero-order chi connectivity index (χ0) is 15.3. The fraction of sp³-hybridized carbons (Fsp3) is 0.933. The van der Waals surface area contributed by atoms with E-state index in [1.807, 2.05) is 6.92 Å².